The molecule has 1 fully saturated rings. The highest BCUT2D eigenvalue weighted by Crippen LogP contribution is 2.44. The third-order valence-electron chi connectivity index (χ3n) is 5.84. The summed E-state index contributed by atoms with van der Waals surface area (Å²) in [6.07, 6.45) is 0. The number of aliphatic hydroxyl groups excluding tert-OH is 1. The van der Waals surface area contributed by atoms with Crippen LogP contribution in [0.4, 0.5) is 5.69 Å². The zero-order valence-electron chi connectivity index (χ0n) is 19.7. The monoisotopic (exact) mass is 491 g/mol. The van der Waals surface area contributed by atoms with Crippen LogP contribution in [-0.4, -0.2) is 30.0 Å². The number of hydrogen-bond acceptors (Lipinski definition) is 5. The number of rotatable bonds is 7. The molecular weight excluding hydrogens is 466 g/mol. The molecule has 0 spiro atoms. The fourth-order valence-corrected chi connectivity index (χ4v) is 4.47. The Balaban J connectivity index is 1.96. The van der Waals surface area contributed by atoms with Crippen LogP contribution in [0.2, 0.25) is 5.02 Å². The van der Waals surface area contributed by atoms with Gasteiger partial charge in [-0.3, -0.25) is 14.5 Å². The molecule has 0 bridgehead atoms. The van der Waals surface area contributed by atoms with Gasteiger partial charge in [0, 0.05) is 17.3 Å². The van der Waals surface area contributed by atoms with Gasteiger partial charge < -0.3 is 14.6 Å². The average molecular weight is 492 g/mol. The summed E-state index contributed by atoms with van der Waals surface area (Å²) >= 11 is 6.41. The molecule has 1 amide bonds. The fraction of sp³-hybridized carbons (Fsp3) is 0.214. The minimum Gasteiger partial charge on any atom is -0.507 e. The summed E-state index contributed by atoms with van der Waals surface area (Å²) in [6.45, 7) is 6.49. The lowest BCUT2D eigenvalue weighted by molar-refractivity contribution is -0.132. The molecule has 1 atom stereocenters. The predicted octanol–water partition coefficient (Wildman–Crippen LogP) is 6.07. The zero-order valence-corrected chi connectivity index (χ0v) is 20.5. The molecule has 1 aliphatic heterocycles. The van der Waals surface area contributed by atoms with Gasteiger partial charge in [-0.05, 0) is 62.2 Å². The molecule has 1 saturated heterocycles. The minimum atomic E-state index is -0.861. The highest BCUT2D eigenvalue weighted by molar-refractivity contribution is 6.52. The SMILES string of the molecule is CCOc1cccc(N2C(=O)C(=O)/C(=C(/O)c3cc(OCC)ccc3Cl)C2c2ccccc2C)c1. The highest BCUT2D eigenvalue weighted by Gasteiger charge is 2.47. The Morgan fingerprint density at radius 1 is 0.943 bits per heavy atom. The number of aryl methyl sites for hydroxylation is 1. The summed E-state index contributed by atoms with van der Waals surface area (Å²) in [5.41, 5.74) is 2.25. The van der Waals surface area contributed by atoms with E-state index in [0.29, 0.717) is 36.0 Å². The van der Waals surface area contributed by atoms with Gasteiger partial charge in [-0.15, -0.1) is 0 Å². The summed E-state index contributed by atoms with van der Waals surface area (Å²) in [5.74, 6) is -0.833. The topological polar surface area (TPSA) is 76.1 Å². The van der Waals surface area contributed by atoms with Gasteiger partial charge in [-0.2, -0.15) is 0 Å². The standard InChI is InChI=1S/C28H26ClNO5/c1-4-34-19-11-8-10-18(15-19)30-25(21-12-7-6-9-17(21)3)24(27(32)28(30)33)26(31)22-16-20(35-5-2)13-14-23(22)29/h6-16,25,31H,4-5H2,1-3H3/b26-24+. The molecule has 0 saturated carbocycles. The van der Waals surface area contributed by atoms with E-state index in [1.165, 1.54) is 4.90 Å². The van der Waals surface area contributed by atoms with Crippen molar-refractivity contribution in [1.82, 2.24) is 0 Å². The third-order valence-corrected chi connectivity index (χ3v) is 6.17. The Hall–Kier alpha value is -3.77. The highest BCUT2D eigenvalue weighted by atomic mass is 35.5. The number of ether oxygens (including phenoxy) is 2. The van der Waals surface area contributed by atoms with E-state index in [1.807, 2.05) is 45.0 Å². The first kappa shape index (κ1) is 24.4. The number of carbonyl (C=O) groups is 2. The van der Waals surface area contributed by atoms with E-state index in [2.05, 4.69) is 0 Å². The van der Waals surface area contributed by atoms with Crippen molar-refractivity contribution >= 4 is 34.7 Å². The average Bonchev–Trinajstić information content (AvgIpc) is 3.11. The van der Waals surface area contributed by atoms with Gasteiger partial charge in [0.25, 0.3) is 11.7 Å². The molecule has 1 unspecified atom stereocenters. The molecule has 1 N–H and O–H groups in total. The Labute approximate surface area is 209 Å². The van der Waals surface area contributed by atoms with E-state index in [4.69, 9.17) is 21.1 Å². The maximum atomic E-state index is 13.4. The Bertz CT molecular complexity index is 1320. The summed E-state index contributed by atoms with van der Waals surface area (Å²) in [6, 6.07) is 18.4. The van der Waals surface area contributed by atoms with Gasteiger partial charge >= 0.3 is 0 Å². The summed E-state index contributed by atoms with van der Waals surface area (Å²) < 4.78 is 11.2. The molecule has 180 valence electrons. The fourth-order valence-electron chi connectivity index (χ4n) is 4.26. The Morgan fingerprint density at radius 3 is 2.31 bits per heavy atom. The lowest BCUT2D eigenvalue weighted by Gasteiger charge is -2.27. The van der Waals surface area contributed by atoms with Crippen LogP contribution in [0.1, 0.15) is 36.6 Å². The van der Waals surface area contributed by atoms with E-state index in [9.17, 15) is 14.7 Å². The second kappa shape index (κ2) is 10.2. The van der Waals surface area contributed by atoms with Crippen molar-refractivity contribution in [2.75, 3.05) is 18.1 Å². The van der Waals surface area contributed by atoms with Crippen LogP contribution in [0.5, 0.6) is 11.5 Å². The zero-order chi connectivity index (χ0) is 25.1. The van der Waals surface area contributed by atoms with Crippen LogP contribution in [0.25, 0.3) is 5.76 Å². The molecule has 35 heavy (non-hydrogen) atoms. The molecule has 3 aromatic carbocycles. The molecule has 6 nitrogen and oxygen atoms in total. The molecule has 7 heteroatoms. The van der Waals surface area contributed by atoms with Crippen LogP contribution >= 0.6 is 11.6 Å². The lowest BCUT2D eigenvalue weighted by Crippen LogP contribution is -2.29. The van der Waals surface area contributed by atoms with Crippen molar-refractivity contribution in [3.63, 3.8) is 0 Å². The molecule has 0 aromatic heterocycles. The number of amides is 1. The second-order valence-corrected chi connectivity index (χ2v) is 8.44. The number of ketones is 1. The molecule has 1 aliphatic rings. The van der Waals surface area contributed by atoms with Crippen molar-refractivity contribution in [1.29, 1.82) is 0 Å². The number of hydrogen-bond donors (Lipinski definition) is 1. The first-order valence-electron chi connectivity index (χ1n) is 11.4. The largest absolute Gasteiger partial charge is 0.507 e. The van der Waals surface area contributed by atoms with Gasteiger partial charge in [0.05, 0.1) is 29.9 Å². The minimum absolute atomic E-state index is 0.0401. The van der Waals surface area contributed by atoms with Crippen LogP contribution in [-0.2, 0) is 9.59 Å². The van der Waals surface area contributed by atoms with E-state index in [0.717, 1.165) is 5.56 Å². The summed E-state index contributed by atoms with van der Waals surface area (Å²) in [7, 11) is 0. The summed E-state index contributed by atoms with van der Waals surface area (Å²) in [5, 5.41) is 11.7. The molecule has 3 aromatic rings. The quantitative estimate of drug-likeness (QED) is 0.246. The van der Waals surface area contributed by atoms with Gasteiger partial charge in [-0.1, -0.05) is 41.9 Å². The first-order valence-corrected chi connectivity index (χ1v) is 11.8. The van der Waals surface area contributed by atoms with Gasteiger partial charge in [-0.25, -0.2) is 0 Å². The number of nitrogens with zero attached hydrogens (tertiary/aromatic N) is 1. The van der Waals surface area contributed by atoms with Gasteiger partial charge in [0.2, 0.25) is 0 Å². The maximum absolute atomic E-state index is 13.4. The molecular formula is C28H26ClNO5. The van der Waals surface area contributed by atoms with Crippen LogP contribution < -0.4 is 14.4 Å². The maximum Gasteiger partial charge on any atom is 0.300 e. The number of Topliss-reactive ketones (excluding diaryl/α,β-unsaturated/α-hetero) is 1. The number of benzene rings is 3. The van der Waals surface area contributed by atoms with Gasteiger partial charge in [0.15, 0.2) is 0 Å². The van der Waals surface area contributed by atoms with Crippen molar-refractivity contribution < 1.29 is 24.2 Å². The van der Waals surface area contributed by atoms with Crippen LogP contribution in [0, 0.1) is 6.92 Å². The molecule has 4 rings (SSSR count). The van der Waals surface area contributed by atoms with Crippen LogP contribution in [0.15, 0.2) is 72.3 Å². The summed E-state index contributed by atoms with van der Waals surface area (Å²) in [4.78, 5) is 28.2. The van der Waals surface area contributed by atoms with E-state index in [1.54, 1.807) is 42.5 Å². The molecule has 0 radical (unpaired) electrons. The van der Waals surface area contributed by atoms with E-state index < -0.39 is 17.7 Å². The van der Waals surface area contributed by atoms with Crippen molar-refractivity contribution in [2.45, 2.75) is 26.8 Å². The number of halogens is 1. The second-order valence-electron chi connectivity index (χ2n) is 8.03. The third kappa shape index (κ3) is 4.62. The molecule has 1 heterocycles. The number of anilines is 1. The normalized spacial score (nSPS) is 17.0. The van der Waals surface area contributed by atoms with Crippen molar-refractivity contribution in [3.8, 4) is 11.5 Å². The number of aliphatic hydroxyl groups is 1. The van der Waals surface area contributed by atoms with E-state index in [-0.39, 0.29) is 21.9 Å². The Morgan fingerprint density at radius 2 is 1.63 bits per heavy atom. The van der Waals surface area contributed by atoms with Crippen molar-refractivity contribution in [2.24, 2.45) is 0 Å². The molecule has 0 aliphatic carbocycles. The van der Waals surface area contributed by atoms with Crippen molar-refractivity contribution in [3.05, 3.63) is 94.0 Å². The van der Waals surface area contributed by atoms with Crippen LogP contribution in [0.3, 0.4) is 0 Å². The Kier molecular flexibility index (Phi) is 7.12. The first-order chi connectivity index (χ1) is 16.9. The smallest absolute Gasteiger partial charge is 0.300 e. The lowest BCUT2D eigenvalue weighted by atomic mass is 9.92. The predicted molar refractivity (Wildman–Crippen MR) is 136 cm³/mol. The van der Waals surface area contributed by atoms with Gasteiger partial charge in [0.1, 0.15) is 17.3 Å². The number of carbonyl (C=O) groups excluding carboxylic acids is 2. The van der Waals surface area contributed by atoms with E-state index >= 15 is 0 Å².